The van der Waals surface area contributed by atoms with E-state index in [1.54, 1.807) is 12.5 Å². The molecule has 2 aromatic rings. The Labute approximate surface area is 119 Å². The van der Waals surface area contributed by atoms with Crippen LogP contribution in [0.25, 0.3) is 0 Å². The van der Waals surface area contributed by atoms with Gasteiger partial charge >= 0.3 is 0 Å². The Morgan fingerprint density at radius 1 is 1.25 bits per heavy atom. The molecule has 1 amide bonds. The SMILES string of the molecule is CCCNc1ccc(C(=O)NCCn2ccnc2)cc1. The molecule has 0 aliphatic rings. The number of benzene rings is 1. The molecule has 0 saturated heterocycles. The number of carbonyl (C=O) groups excluding carboxylic acids is 1. The normalized spacial score (nSPS) is 10.2. The van der Waals surface area contributed by atoms with Crippen LogP contribution >= 0.6 is 0 Å². The van der Waals surface area contributed by atoms with Gasteiger partial charge < -0.3 is 15.2 Å². The van der Waals surface area contributed by atoms with Gasteiger partial charge in [0.25, 0.3) is 5.91 Å². The standard InChI is InChI=1S/C15H20N4O/c1-2-7-17-14-5-3-13(4-6-14)15(20)18-9-11-19-10-8-16-12-19/h3-6,8,10,12,17H,2,7,9,11H2,1H3,(H,18,20). The predicted molar refractivity (Wildman–Crippen MR) is 79.8 cm³/mol. The van der Waals surface area contributed by atoms with Crippen LogP contribution in [0.3, 0.4) is 0 Å². The van der Waals surface area contributed by atoms with E-state index in [-0.39, 0.29) is 5.91 Å². The lowest BCUT2D eigenvalue weighted by Crippen LogP contribution is -2.26. The number of anilines is 1. The monoisotopic (exact) mass is 272 g/mol. The summed E-state index contributed by atoms with van der Waals surface area (Å²) in [5.74, 6) is -0.0489. The molecular weight excluding hydrogens is 252 g/mol. The van der Waals surface area contributed by atoms with Crippen LogP contribution in [0.15, 0.2) is 43.0 Å². The highest BCUT2D eigenvalue weighted by molar-refractivity contribution is 5.94. The number of hydrogen-bond donors (Lipinski definition) is 2. The van der Waals surface area contributed by atoms with Gasteiger partial charge in [0.15, 0.2) is 0 Å². The van der Waals surface area contributed by atoms with Gasteiger partial charge in [0, 0.05) is 43.3 Å². The van der Waals surface area contributed by atoms with E-state index < -0.39 is 0 Å². The highest BCUT2D eigenvalue weighted by Crippen LogP contribution is 2.09. The number of hydrogen-bond acceptors (Lipinski definition) is 3. The van der Waals surface area contributed by atoms with E-state index >= 15 is 0 Å². The quantitative estimate of drug-likeness (QED) is 0.812. The van der Waals surface area contributed by atoms with Crippen LogP contribution in [-0.2, 0) is 6.54 Å². The summed E-state index contributed by atoms with van der Waals surface area (Å²) in [6, 6.07) is 7.54. The van der Waals surface area contributed by atoms with Gasteiger partial charge in [-0.25, -0.2) is 4.98 Å². The molecule has 0 aliphatic heterocycles. The third kappa shape index (κ3) is 4.12. The molecule has 0 spiro atoms. The van der Waals surface area contributed by atoms with E-state index in [1.165, 1.54) is 0 Å². The fourth-order valence-corrected chi connectivity index (χ4v) is 1.83. The van der Waals surface area contributed by atoms with Crippen LogP contribution in [0.5, 0.6) is 0 Å². The number of imidazole rings is 1. The Morgan fingerprint density at radius 3 is 2.70 bits per heavy atom. The van der Waals surface area contributed by atoms with Gasteiger partial charge in [-0.05, 0) is 30.7 Å². The van der Waals surface area contributed by atoms with Crippen molar-refractivity contribution < 1.29 is 4.79 Å². The summed E-state index contributed by atoms with van der Waals surface area (Å²) in [5, 5.41) is 6.17. The zero-order valence-corrected chi connectivity index (χ0v) is 11.7. The van der Waals surface area contributed by atoms with Crippen molar-refractivity contribution in [2.45, 2.75) is 19.9 Å². The summed E-state index contributed by atoms with van der Waals surface area (Å²) in [7, 11) is 0. The molecule has 0 aliphatic carbocycles. The van der Waals surface area contributed by atoms with Crippen molar-refractivity contribution in [3.05, 3.63) is 48.5 Å². The average Bonchev–Trinajstić information content (AvgIpc) is 2.99. The Bertz CT molecular complexity index is 519. The van der Waals surface area contributed by atoms with Crippen LogP contribution in [0.4, 0.5) is 5.69 Å². The number of aromatic nitrogens is 2. The van der Waals surface area contributed by atoms with Gasteiger partial charge in [-0.3, -0.25) is 4.79 Å². The van der Waals surface area contributed by atoms with Crippen molar-refractivity contribution in [2.75, 3.05) is 18.4 Å². The highest BCUT2D eigenvalue weighted by atomic mass is 16.1. The Hall–Kier alpha value is -2.30. The maximum atomic E-state index is 11.9. The van der Waals surface area contributed by atoms with Gasteiger partial charge in [-0.1, -0.05) is 6.92 Å². The van der Waals surface area contributed by atoms with E-state index in [1.807, 2.05) is 35.0 Å². The first-order valence-electron chi connectivity index (χ1n) is 6.87. The highest BCUT2D eigenvalue weighted by Gasteiger charge is 2.04. The zero-order chi connectivity index (χ0) is 14.2. The fourth-order valence-electron chi connectivity index (χ4n) is 1.83. The summed E-state index contributed by atoms with van der Waals surface area (Å²) >= 11 is 0. The van der Waals surface area contributed by atoms with E-state index in [9.17, 15) is 4.79 Å². The van der Waals surface area contributed by atoms with Crippen molar-refractivity contribution in [3.8, 4) is 0 Å². The van der Waals surface area contributed by atoms with Crippen LogP contribution in [0.1, 0.15) is 23.7 Å². The van der Waals surface area contributed by atoms with E-state index in [4.69, 9.17) is 0 Å². The first kappa shape index (κ1) is 14.1. The predicted octanol–water partition coefficient (Wildman–Crippen LogP) is 2.13. The van der Waals surface area contributed by atoms with Crippen molar-refractivity contribution in [2.24, 2.45) is 0 Å². The molecule has 20 heavy (non-hydrogen) atoms. The third-order valence-electron chi connectivity index (χ3n) is 2.94. The largest absolute Gasteiger partial charge is 0.385 e. The molecule has 0 radical (unpaired) electrons. The minimum absolute atomic E-state index is 0.0489. The van der Waals surface area contributed by atoms with Crippen molar-refractivity contribution >= 4 is 11.6 Å². The molecular formula is C15H20N4O. The summed E-state index contributed by atoms with van der Waals surface area (Å²) < 4.78 is 1.93. The molecule has 5 heteroatoms. The summed E-state index contributed by atoms with van der Waals surface area (Å²) in [4.78, 5) is 15.9. The van der Waals surface area contributed by atoms with Crippen LogP contribution in [-0.4, -0.2) is 28.5 Å². The van der Waals surface area contributed by atoms with Crippen molar-refractivity contribution in [1.29, 1.82) is 0 Å². The average molecular weight is 272 g/mol. The number of nitrogens with one attached hydrogen (secondary N) is 2. The lowest BCUT2D eigenvalue weighted by molar-refractivity contribution is 0.0952. The van der Waals surface area contributed by atoms with E-state index in [2.05, 4.69) is 22.5 Å². The van der Waals surface area contributed by atoms with Gasteiger partial charge in [0.05, 0.1) is 6.33 Å². The first-order chi connectivity index (χ1) is 9.79. The Kier molecular flexibility index (Phi) is 5.17. The third-order valence-corrected chi connectivity index (χ3v) is 2.94. The van der Waals surface area contributed by atoms with Crippen LogP contribution < -0.4 is 10.6 Å². The molecule has 1 aromatic carbocycles. The number of nitrogens with zero attached hydrogens (tertiary/aromatic N) is 2. The summed E-state index contributed by atoms with van der Waals surface area (Å²) in [5.41, 5.74) is 1.72. The van der Waals surface area contributed by atoms with Crippen molar-refractivity contribution in [3.63, 3.8) is 0 Å². The maximum Gasteiger partial charge on any atom is 0.251 e. The molecule has 2 N–H and O–H groups in total. The molecule has 106 valence electrons. The molecule has 5 nitrogen and oxygen atoms in total. The van der Waals surface area contributed by atoms with Crippen LogP contribution in [0, 0.1) is 0 Å². The summed E-state index contributed by atoms with van der Waals surface area (Å²) in [6.45, 7) is 4.37. The first-order valence-corrected chi connectivity index (χ1v) is 6.87. The Morgan fingerprint density at radius 2 is 2.05 bits per heavy atom. The Balaban J connectivity index is 1.79. The minimum atomic E-state index is -0.0489. The second-order valence-electron chi connectivity index (χ2n) is 4.56. The molecule has 1 aromatic heterocycles. The van der Waals surface area contributed by atoms with Gasteiger partial charge in [-0.2, -0.15) is 0 Å². The molecule has 1 heterocycles. The molecule has 0 fully saturated rings. The molecule has 0 atom stereocenters. The second-order valence-corrected chi connectivity index (χ2v) is 4.56. The van der Waals surface area contributed by atoms with Crippen molar-refractivity contribution in [1.82, 2.24) is 14.9 Å². The minimum Gasteiger partial charge on any atom is -0.385 e. The van der Waals surface area contributed by atoms with Gasteiger partial charge in [-0.15, -0.1) is 0 Å². The maximum absolute atomic E-state index is 11.9. The zero-order valence-electron chi connectivity index (χ0n) is 11.7. The molecule has 2 rings (SSSR count). The molecule has 0 bridgehead atoms. The van der Waals surface area contributed by atoms with E-state index in [0.717, 1.165) is 25.2 Å². The van der Waals surface area contributed by atoms with E-state index in [0.29, 0.717) is 12.1 Å². The number of carbonyl (C=O) groups is 1. The smallest absolute Gasteiger partial charge is 0.251 e. The number of rotatable bonds is 7. The lowest BCUT2D eigenvalue weighted by atomic mass is 10.2. The fraction of sp³-hybridized carbons (Fsp3) is 0.333. The van der Waals surface area contributed by atoms with Gasteiger partial charge in [0.2, 0.25) is 0 Å². The number of amides is 1. The molecule has 0 saturated carbocycles. The second kappa shape index (κ2) is 7.33. The van der Waals surface area contributed by atoms with Crippen LogP contribution in [0.2, 0.25) is 0 Å². The summed E-state index contributed by atoms with van der Waals surface area (Å²) in [6.07, 6.45) is 6.42. The lowest BCUT2D eigenvalue weighted by Gasteiger charge is -2.08. The van der Waals surface area contributed by atoms with Gasteiger partial charge in [0.1, 0.15) is 0 Å². The topological polar surface area (TPSA) is 59.0 Å². The molecule has 0 unspecified atom stereocenters.